The van der Waals surface area contributed by atoms with Crippen molar-refractivity contribution in [3.63, 3.8) is 0 Å². The molecule has 1 amide bonds. The summed E-state index contributed by atoms with van der Waals surface area (Å²) in [5, 5.41) is 13.1. The number of aryl methyl sites for hydroxylation is 1. The molecule has 0 aliphatic carbocycles. The first-order chi connectivity index (χ1) is 9.60. The Kier molecular flexibility index (Phi) is 5.15. The quantitative estimate of drug-likeness (QED) is 0.831. The zero-order valence-corrected chi connectivity index (χ0v) is 12.0. The molecule has 0 spiro atoms. The van der Waals surface area contributed by atoms with Gasteiger partial charge in [-0.25, -0.2) is 0 Å². The first-order valence-corrected chi connectivity index (χ1v) is 7.25. The Morgan fingerprint density at radius 2 is 2.20 bits per heavy atom. The van der Waals surface area contributed by atoms with Crippen molar-refractivity contribution in [1.29, 1.82) is 0 Å². The van der Waals surface area contributed by atoms with Crippen LogP contribution in [0.2, 0.25) is 0 Å². The maximum Gasteiger partial charge on any atom is 0.220 e. The van der Waals surface area contributed by atoms with Crippen molar-refractivity contribution in [2.75, 3.05) is 13.2 Å². The molecule has 0 saturated carbocycles. The molecule has 110 valence electrons. The lowest BCUT2D eigenvalue weighted by Crippen LogP contribution is -2.47. The Balaban J connectivity index is 1.66. The molecule has 2 rings (SSSR count). The van der Waals surface area contributed by atoms with Crippen LogP contribution in [0.1, 0.15) is 31.7 Å². The molecule has 0 bridgehead atoms. The minimum atomic E-state index is -0.908. The molecule has 20 heavy (non-hydrogen) atoms. The topological polar surface area (TPSA) is 58.6 Å². The Labute approximate surface area is 120 Å². The summed E-state index contributed by atoms with van der Waals surface area (Å²) < 4.78 is 5.34. The van der Waals surface area contributed by atoms with E-state index >= 15 is 0 Å². The molecule has 1 aromatic rings. The number of hydrogen-bond donors (Lipinski definition) is 2. The lowest BCUT2D eigenvalue weighted by atomic mass is 9.96. The average Bonchev–Trinajstić information content (AvgIpc) is 2.78. The zero-order valence-electron chi connectivity index (χ0n) is 12.0. The van der Waals surface area contributed by atoms with Crippen molar-refractivity contribution >= 4 is 5.91 Å². The maximum atomic E-state index is 11.8. The van der Waals surface area contributed by atoms with Gasteiger partial charge in [0.25, 0.3) is 0 Å². The summed E-state index contributed by atoms with van der Waals surface area (Å²) in [7, 11) is 0. The summed E-state index contributed by atoms with van der Waals surface area (Å²) in [6.45, 7) is 2.68. The molecule has 1 aromatic carbocycles. The highest BCUT2D eigenvalue weighted by atomic mass is 16.5. The molecule has 1 heterocycles. The normalized spacial score (nSPS) is 25.6. The second-order valence-corrected chi connectivity index (χ2v) is 5.48. The van der Waals surface area contributed by atoms with E-state index in [-0.39, 0.29) is 18.6 Å². The number of carbonyl (C=O) groups is 1. The highest BCUT2D eigenvalue weighted by Crippen LogP contribution is 2.24. The van der Waals surface area contributed by atoms with Crippen molar-refractivity contribution in [3.8, 4) is 0 Å². The first-order valence-electron chi connectivity index (χ1n) is 7.25. The summed E-state index contributed by atoms with van der Waals surface area (Å²) in [5.41, 5.74) is 0.339. The fraction of sp³-hybridized carbons (Fsp3) is 0.562. The van der Waals surface area contributed by atoms with E-state index in [4.69, 9.17) is 4.74 Å². The minimum absolute atomic E-state index is 0.00606. The van der Waals surface area contributed by atoms with E-state index in [2.05, 4.69) is 17.4 Å². The fourth-order valence-corrected chi connectivity index (χ4v) is 2.44. The highest BCUT2D eigenvalue weighted by molar-refractivity contribution is 5.75. The summed E-state index contributed by atoms with van der Waals surface area (Å²) in [5.74, 6) is -0.00606. The predicted molar refractivity (Wildman–Crippen MR) is 77.4 cm³/mol. The number of rotatable bonds is 6. The molecular weight excluding hydrogens is 254 g/mol. The van der Waals surface area contributed by atoms with Crippen LogP contribution in [0.3, 0.4) is 0 Å². The Morgan fingerprint density at radius 1 is 1.45 bits per heavy atom. The van der Waals surface area contributed by atoms with Crippen LogP contribution in [0.25, 0.3) is 0 Å². The summed E-state index contributed by atoms with van der Waals surface area (Å²) in [6.07, 6.45) is 2.57. The molecule has 4 nitrogen and oxygen atoms in total. The van der Waals surface area contributed by atoms with E-state index < -0.39 is 5.60 Å². The lowest BCUT2D eigenvalue weighted by Gasteiger charge is -2.26. The number of benzene rings is 1. The molecule has 2 atom stereocenters. The minimum Gasteiger partial charge on any atom is -0.385 e. The van der Waals surface area contributed by atoms with Gasteiger partial charge in [0.15, 0.2) is 0 Å². The van der Waals surface area contributed by atoms with Crippen molar-refractivity contribution in [3.05, 3.63) is 35.9 Å². The molecule has 1 aliphatic heterocycles. The maximum absolute atomic E-state index is 11.8. The van der Waals surface area contributed by atoms with E-state index in [1.54, 1.807) is 0 Å². The molecule has 0 radical (unpaired) electrons. The van der Waals surface area contributed by atoms with Crippen LogP contribution in [-0.4, -0.2) is 35.9 Å². The van der Waals surface area contributed by atoms with Gasteiger partial charge in [-0.1, -0.05) is 30.3 Å². The van der Waals surface area contributed by atoms with Crippen LogP contribution in [0.15, 0.2) is 30.3 Å². The summed E-state index contributed by atoms with van der Waals surface area (Å²) in [6, 6.07) is 10.1. The third kappa shape index (κ3) is 4.05. The molecular formula is C16H23NO3. The molecule has 1 fully saturated rings. The largest absolute Gasteiger partial charge is 0.385 e. The van der Waals surface area contributed by atoms with Crippen LogP contribution >= 0.6 is 0 Å². The zero-order chi connectivity index (χ0) is 14.4. The number of ether oxygens (including phenoxy) is 1. The van der Waals surface area contributed by atoms with Gasteiger partial charge >= 0.3 is 0 Å². The fourth-order valence-electron chi connectivity index (χ4n) is 2.44. The van der Waals surface area contributed by atoms with Gasteiger partial charge in [-0.05, 0) is 25.3 Å². The van der Waals surface area contributed by atoms with Gasteiger partial charge in [-0.2, -0.15) is 0 Å². The van der Waals surface area contributed by atoms with Gasteiger partial charge in [0.1, 0.15) is 5.60 Å². The van der Waals surface area contributed by atoms with Gasteiger partial charge in [0.05, 0.1) is 6.10 Å². The smallest absolute Gasteiger partial charge is 0.220 e. The highest BCUT2D eigenvalue weighted by Gasteiger charge is 2.39. The predicted octanol–water partition coefficient (Wildman–Crippen LogP) is 1.67. The molecule has 4 heteroatoms. The van der Waals surface area contributed by atoms with Crippen LogP contribution in [0.4, 0.5) is 0 Å². The summed E-state index contributed by atoms with van der Waals surface area (Å²) in [4.78, 5) is 11.8. The van der Waals surface area contributed by atoms with Gasteiger partial charge in [-0.15, -0.1) is 0 Å². The van der Waals surface area contributed by atoms with Crippen LogP contribution < -0.4 is 5.32 Å². The van der Waals surface area contributed by atoms with Crippen molar-refractivity contribution < 1.29 is 14.6 Å². The molecule has 1 aliphatic rings. The molecule has 2 N–H and O–H groups in total. The van der Waals surface area contributed by atoms with E-state index in [0.29, 0.717) is 19.4 Å². The lowest BCUT2D eigenvalue weighted by molar-refractivity contribution is -0.123. The number of carbonyl (C=O) groups excluding carboxylic acids is 1. The van der Waals surface area contributed by atoms with Gasteiger partial charge in [0, 0.05) is 26.0 Å². The van der Waals surface area contributed by atoms with Crippen molar-refractivity contribution in [1.82, 2.24) is 5.32 Å². The van der Waals surface area contributed by atoms with E-state index in [1.165, 1.54) is 5.56 Å². The SMILES string of the molecule is C[C@@H]1OCC[C@@]1(O)CNC(=O)CCCc1ccccc1. The second kappa shape index (κ2) is 6.86. The van der Waals surface area contributed by atoms with Gasteiger partial charge < -0.3 is 15.2 Å². The Bertz CT molecular complexity index is 435. The number of amides is 1. The number of hydrogen-bond acceptors (Lipinski definition) is 3. The molecule has 0 unspecified atom stereocenters. The molecule has 0 aromatic heterocycles. The third-order valence-electron chi connectivity index (χ3n) is 3.96. The molecule has 1 saturated heterocycles. The Morgan fingerprint density at radius 3 is 2.85 bits per heavy atom. The van der Waals surface area contributed by atoms with Crippen LogP contribution in [0, 0.1) is 0 Å². The number of nitrogens with one attached hydrogen (secondary N) is 1. The Hall–Kier alpha value is -1.39. The van der Waals surface area contributed by atoms with Crippen LogP contribution in [-0.2, 0) is 16.0 Å². The van der Waals surface area contributed by atoms with E-state index in [0.717, 1.165) is 12.8 Å². The second-order valence-electron chi connectivity index (χ2n) is 5.48. The van der Waals surface area contributed by atoms with Crippen molar-refractivity contribution in [2.24, 2.45) is 0 Å². The van der Waals surface area contributed by atoms with Gasteiger partial charge in [0.2, 0.25) is 5.91 Å². The van der Waals surface area contributed by atoms with E-state index in [9.17, 15) is 9.90 Å². The van der Waals surface area contributed by atoms with Crippen molar-refractivity contribution in [2.45, 2.75) is 44.3 Å². The summed E-state index contributed by atoms with van der Waals surface area (Å²) >= 11 is 0. The average molecular weight is 277 g/mol. The first kappa shape index (κ1) is 15.0. The third-order valence-corrected chi connectivity index (χ3v) is 3.96. The standard InChI is InChI=1S/C16H23NO3/c1-13-16(19,10-11-20-13)12-17-15(18)9-5-8-14-6-3-2-4-7-14/h2-4,6-7,13,19H,5,8-12H2,1H3,(H,17,18)/t13-,16+/m0/s1. The van der Waals surface area contributed by atoms with Crippen LogP contribution in [0.5, 0.6) is 0 Å². The van der Waals surface area contributed by atoms with Gasteiger partial charge in [-0.3, -0.25) is 4.79 Å². The monoisotopic (exact) mass is 277 g/mol. The van der Waals surface area contributed by atoms with E-state index in [1.807, 2.05) is 25.1 Å². The number of aliphatic hydroxyl groups is 1.